The first-order chi connectivity index (χ1) is 9.72. The minimum Gasteiger partial charge on any atom is -0.377 e. The van der Waals surface area contributed by atoms with Crippen LogP contribution in [-0.4, -0.2) is 6.61 Å². The molecule has 1 aromatic carbocycles. The van der Waals surface area contributed by atoms with Crippen molar-refractivity contribution in [1.82, 2.24) is 0 Å². The summed E-state index contributed by atoms with van der Waals surface area (Å²) in [4.78, 5) is 1.38. The van der Waals surface area contributed by atoms with E-state index in [1.165, 1.54) is 16.1 Å². The molecule has 1 atom stereocenters. The molecule has 108 valence electrons. The summed E-state index contributed by atoms with van der Waals surface area (Å²) in [5.74, 6) is 0.536. The van der Waals surface area contributed by atoms with Crippen LogP contribution in [0.1, 0.15) is 37.3 Å². The highest BCUT2D eigenvalue weighted by atomic mass is 32.1. The maximum atomic E-state index is 5.56. The van der Waals surface area contributed by atoms with Crippen LogP contribution < -0.4 is 5.32 Å². The predicted molar refractivity (Wildman–Crippen MR) is 87.3 cm³/mol. The Labute approximate surface area is 125 Å². The Hall–Kier alpha value is -1.32. The Morgan fingerprint density at radius 2 is 1.95 bits per heavy atom. The van der Waals surface area contributed by atoms with Crippen LogP contribution in [0.3, 0.4) is 0 Å². The molecular formula is C17H23NOS. The standard InChI is InChI=1S/C17H23NOS/c1-4-19-12-14-8-5-6-9-15(14)18-17(13(2)3)16-10-7-11-20-16/h5-11,13,17-18H,4,12H2,1-3H3. The minimum atomic E-state index is 0.345. The van der Waals surface area contributed by atoms with Crippen LogP contribution in [0.25, 0.3) is 0 Å². The Morgan fingerprint density at radius 1 is 1.15 bits per heavy atom. The number of hydrogen-bond acceptors (Lipinski definition) is 3. The predicted octanol–water partition coefficient (Wildman–Crippen LogP) is 5.09. The summed E-state index contributed by atoms with van der Waals surface area (Å²) in [5.41, 5.74) is 2.39. The van der Waals surface area contributed by atoms with E-state index in [0.717, 1.165) is 6.61 Å². The average molecular weight is 289 g/mol. The zero-order chi connectivity index (χ0) is 14.4. The van der Waals surface area contributed by atoms with Crippen molar-refractivity contribution in [2.45, 2.75) is 33.4 Å². The molecule has 0 spiro atoms. The van der Waals surface area contributed by atoms with Gasteiger partial charge in [0.15, 0.2) is 0 Å². The molecule has 0 amide bonds. The molecule has 0 fully saturated rings. The van der Waals surface area contributed by atoms with Gasteiger partial charge < -0.3 is 10.1 Å². The molecule has 2 nitrogen and oxygen atoms in total. The van der Waals surface area contributed by atoms with Crippen molar-refractivity contribution < 1.29 is 4.74 Å². The number of rotatable bonds is 7. The van der Waals surface area contributed by atoms with Crippen molar-refractivity contribution in [3.05, 3.63) is 52.2 Å². The van der Waals surface area contributed by atoms with Gasteiger partial charge in [0.05, 0.1) is 12.6 Å². The number of nitrogens with one attached hydrogen (secondary N) is 1. The van der Waals surface area contributed by atoms with Crippen molar-refractivity contribution in [3.8, 4) is 0 Å². The minimum absolute atomic E-state index is 0.345. The van der Waals surface area contributed by atoms with Crippen molar-refractivity contribution >= 4 is 17.0 Å². The number of benzene rings is 1. The fourth-order valence-electron chi connectivity index (χ4n) is 2.20. The van der Waals surface area contributed by atoms with Crippen LogP contribution in [0.5, 0.6) is 0 Å². The van der Waals surface area contributed by atoms with Gasteiger partial charge in [-0.05, 0) is 30.4 Å². The van der Waals surface area contributed by atoms with Gasteiger partial charge in [0, 0.05) is 22.7 Å². The van der Waals surface area contributed by atoms with Crippen LogP contribution >= 0.6 is 11.3 Å². The highest BCUT2D eigenvalue weighted by Gasteiger charge is 2.17. The van der Waals surface area contributed by atoms with E-state index in [4.69, 9.17) is 4.74 Å². The van der Waals surface area contributed by atoms with Gasteiger partial charge in [0.25, 0.3) is 0 Å². The molecule has 1 unspecified atom stereocenters. The highest BCUT2D eigenvalue weighted by Crippen LogP contribution is 2.31. The summed E-state index contributed by atoms with van der Waals surface area (Å²) < 4.78 is 5.56. The molecular weight excluding hydrogens is 266 g/mol. The van der Waals surface area contributed by atoms with Crippen LogP contribution in [0.4, 0.5) is 5.69 Å². The van der Waals surface area contributed by atoms with Crippen molar-refractivity contribution in [2.75, 3.05) is 11.9 Å². The Bertz CT molecular complexity index is 507. The maximum absolute atomic E-state index is 5.56. The lowest BCUT2D eigenvalue weighted by atomic mass is 10.0. The maximum Gasteiger partial charge on any atom is 0.0736 e. The second-order valence-electron chi connectivity index (χ2n) is 5.18. The molecule has 0 aliphatic carbocycles. The summed E-state index contributed by atoms with van der Waals surface area (Å²) in [5, 5.41) is 5.83. The third kappa shape index (κ3) is 3.84. The van der Waals surface area contributed by atoms with Gasteiger partial charge in [-0.1, -0.05) is 38.1 Å². The Morgan fingerprint density at radius 3 is 2.60 bits per heavy atom. The molecule has 0 saturated heterocycles. The van der Waals surface area contributed by atoms with E-state index in [-0.39, 0.29) is 0 Å². The zero-order valence-electron chi connectivity index (χ0n) is 12.4. The molecule has 0 bridgehead atoms. The van der Waals surface area contributed by atoms with Crippen molar-refractivity contribution in [1.29, 1.82) is 0 Å². The lowest BCUT2D eigenvalue weighted by Crippen LogP contribution is -2.16. The zero-order valence-corrected chi connectivity index (χ0v) is 13.2. The first-order valence-electron chi connectivity index (χ1n) is 7.18. The summed E-state index contributed by atoms with van der Waals surface area (Å²) >= 11 is 1.81. The van der Waals surface area contributed by atoms with E-state index in [1.807, 2.05) is 18.3 Å². The molecule has 0 radical (unpaired) electrons. The second kappa shape index (κ2) is 7.46. The Balaban J connectivity index is 2.18. The average Bonchev–Trinajstić information content (AvgIpc) is 2.97. The van der Waals surface area contributed by atoms with Gasteiger partial charge in [-0.25, -0.2) is 0 Å². The number of para-hydroxylation sites is 1. The fraction of sp³-hybridized carbons (Fsp3) is 0.412. The molecule has 0 saturated carbocycles. The van der Waals surface area contributed by atoms with E-state index in [1.54, 1.807) is 0 Å². The lowest BCUT2D eigenvalue weighted by Gasteiger charge is -2.24. The van der Waals surface area contributed by atoms with E-state index in [9.17, 15) is 0 Å². The summed E-state index contributed by atoms with van der Waals surface area (Å²) in [6.45, 7) is 7.94. The largest absolute Gasteiger partial charge is 0.377 e. The topological polar surface area (TPSA) is 21.3 Å². The molecule has 1 aromatic heterocycles. The SMILES string of the molecule is CCOCc1ccccc1NC(c1cccs1)C(C)C. The van der Waals surface area contributed by atoms with Crippen molar-refractivity contribution in [2.24, 2.45) is 5.92 Å². The van der Waals surface area contributed by atoms with E-state index < -0.39 is 0 Å². The van der Waals surface area contributed by atoms with Crippen LogP contribution in [0, 0.1) is 5.92 Å². The molecule has 2 rings (SSSR count). The molecule has 20 heavy (non-hydrogen) atoms. The molecule has 3 heteroatoms. The third-order valence-corrected chi connectivity index (χ3v) is 4.26. The monoisotopic (exact) mass is 289 g/mol. The van der Waals surface area contributed by atoms with Gasteiger partial charge in [-0.15, -0.1) is 11.3 Å². The van der Waals surface area contributed by atoms with Gasteiger partial charge in [0.2, 0.25) is 0 Å². The summed E-state index contributed by atoms with van der Waals surface area (Å²) in [6.07, 6.45) is 0. The molecule has 0 aliphatic rings. The fourth-order valence-corrected chi connectivity index (χ4v) is 3.15. The first kappa shape index (κ1) is 15.1. The van der Waals surface area contributed by atoms with E-state index in [2.05, 4.69) is 60.9 Å². The lowest BCUT2D eigenvalue weighted by molar-refractivity contribution is 0.134. The van der Waals surface area contributed by atoms with Gasteiger partial charge >= 0.3 is 0 Å². The van der Waals surface area contributed by atoms with Crippen LogP contribution in [0.2, 0.25) is 0 Å². The number of thiophene rings is 1. The van der Waals surface area contributed by atoms with Gasteiger partial charge in [-0.3, -0.25) is 0 Å². The molecule has 2 aromatic rings. The summed E-state index contributed by atoms with van der Waals surface area (Å²) in [7, 11) is 0. The number of ether oxygens (including phenoxy) is 1. The van der Waals surface area contributed by atoms with Crippen LogP contribution in [-0.2, 0) is 11.3 Å². The number of hydrogen-bond donors (Lipinski definition) is 1. The molecule has 0 aliphatic heterocycles. The first-order valence-corrected chi connectivity index (χ1v) is 8.06. The molecule has 1 heterocycles. The van der Waals surface area contributed by atoms with E-state index >= 15 is 0 Å². The van der Waals surface area contributed by atoms with Gasteiger partial charge in [0.1, 0.15) is 0 Å². The van der Waals surface area contributed by atoms with Crippen molar-refractivity contribution in [3.63, 3.8) is 0 Å². The third-order valence-electron chi connectivity index (χ3n) is 3.31. The Kier molecular flexibility index (Phi) is 5.62. The van der Waals surface area contributed by atoms with Gasteiger partial charge in [-0.2, -0.15) is 0 Å². The smallest absolute Gasteiger partial charge is 0.0736 e. The highest BCUT2D eigenvalue weighted by molar-refractivity contribution is 7.10. The van der Waals surface area contributed by atoms with E-state index in [0.29, 0.717) is 18.6 Å². The van der Waals surface area contributed by atoms with Crippen LogP contribution in [0.15, 0.2) is 41.8 Å². The normalized spacial score (nSPS) is 12.6. The number of anilines is 1. The molecule has 1 N–H and O–H groups in total. The summed E-state index contributed by atoms with van der Waals surface area (Å²) in [6, 6.07) is 13.1. The second-order valence-corrected chi connectivity index (χ2v) is 6.16. The quantitative estimate of drug-likeness (QED) is 0.766.